The minimum Gasteiger partial charge on any atom is -0.375 e. The molecule has 80 valence electrons. The van der Waals surface area contributed by atoms with Gasteiger partial charge in [-0.1, -0.05) is 42.3 Å². The molecule has 0 aliphatic heterocycles. The zero-order chi connectivity index (χ0) is 10.2. The van der Waals surface area contributed by atoms with Crippen molar-refractivity contribution in [2.24, 2.45) is 0 Å². The molecular weight excluding hydrogens is 220 g/mol. The Morgan fingerprint density at radius 3 is 2.86 bits per heavy atom. The predicted molar refractivity (Wildman–Crippen MR) is 58.7 cm³/mol. The average molecular weight is 235 g/mol. The van der Waals surface area contributed by atoms with Gasteiger partial charge >= 0.3 is 0 Å². The summed E-state index contributed by atoms with van der Waals surface area (Å²) in [6.07, 6.45) is 4.88. The summed E-state index contributed by atoms with van der Waals surface area (Å²) in [7, 11) is 0. The number of hydrogen-bond acceptors (Lipinski definition) is 4. The molecule has 0 saturated heterocycles. The summed E-state index contributed by atoms with van der Waals surface area (Å²) in [4.78, 5) is 0. The van der Waals surface area contributed by atoms with Crippen molar-refractivity contribution in [3.8, 4) is 0 Å². The maximum absolute atomic E-state index is 5.82. The lowest BCUT2D eigenvalue weighted by Gasteiger charge is -2.01. The molecule has 1 aromatic rings. The number of ether oxygens (including phenoxy) is 1. The molecule has 0 fully saturated rings. The molecule has 0 aromatic carbocycles. The van der Waals surface area contributed by atoms with Crippen molar-refractivity contribution in [3.05, 3.63) is 10.0 Å². The van der Waals surface area contributed by atoms with E-state index in [1.807, 2.05) is 0 Å². The van der Waals surface area contributed by atoms with Gasteiger partial charge in [-0.15, -0.1) is 5.10 Å². The largest absolute Gasteiger partial charge is 0.375 e. The number of hydrogen-bond donors (Lipinski definition) is 0. The van der Waals surface area contributed by atoms with Gasteiger partial charge in [0.1, 0.15) is 10.0 Å². The topological polar surface area (TPSA) is 35.0 Å². The van der Waals surface area contributed by atoms with Crippen LogP contribution in [0.3, 0.4) is 0 Å². The second-order valence-electron chi connectivity index (χ2n) is 3.11. The summed E-state index contributed by atoms with van der Waals surface area (Å²) in [6, 6.07) is 0. The molecule has 1 aromatic heterocycles. The molecule has 0 radical (unpaired) electrons. The van der Waals surface area contributed by atoms with Crippen LogP contribution >= 0.6 is 23.1 Å². The Morgan fingerprint density at radius 1 is 1.36 bits per heavy atom. The van der Waals surface area contributed by atoms with Gasteiger partial charge in [0.05, 0.1) is 6.61 Å². The van der Waals surface area contributed by atoms with Crippen molar-refractivity contribution in [2.75, 3.05) is 6.61 Å². The highest BCUT2D eigenvalue weighted by Crippen LogP contribution is 2.17. The number of unbranched alkanes of at least 4 members (excludes halogenated alkanes) is 3. The molecule has 0 bridgehead atoms. The second kappa shape index (κ2) is 7.15. The molecule has 0 atom stereocenters. The number of aromatic nitrogens is 2. The lowest BCUT2D eigenvalue weighted by molar-refractivity contribution is 0.114. The van der Waals surface area contributed by atoms with E-state index in [0.717, 1.165) is 18.7 Å². The third kappa shape index (κ3) is 4.35. The highest BCUT2D eigenvalue weighted by atomic mass is 35.5. The predicted octanol–water partition coefficient (Wildman–Crippen LogP) is 3.29. The number of halogens is 1. The Balaban J connectivity index is 2.02. The van der Waals surface area contributed by atoms with Crippen molar-refractivity contribution in [3.63, 3.8) is 0 Å². The van der Waals surface area contributed by atoms with Crippen LogP contribution in [-0.4, -0.2) is 16.2 Å². The molecule has 0 unspecified atom stereocenters. The van der Waals surface area contributed by atoms with Gasteiger partial charge in [-0.05, 0) is 6.42 Å². The van der Waals surface area contributed by atoms with Crippen LogP contribution in [0, 0.1) is 0 Å². The minimum absolute atomic E-state index is 0.488. The van der Waals surface area contributed by atoms with Crippen molar-refractivity contribution in [1.29, 1.82) is 0 Å². The number of nitrogens with zero attached hydrogens (tertiary/aromatic N) is 2. The first kappa shape index (κ1) is 11.9. The third-order valence-corrected chi connectivity index (χ3v) is 2.87. The first-order valence-corrected chi connectivity index (χ1v) is 6.04. The van der Waals surface area contributed by atoms with Crippen LogP contribution in [0.15, 0.2) is 0 Å². The van der Waals surface area contributed by atoms with Crippen LogP contribution in [0.2, 0.25) is 4.34 Å². The van der Waals surface area contributed by atoms with Crippen molar-refractivity contribution < 1.29 is 4.74 Å². The number of rotatable bonds is 7. The summed E-state index contributed by atoms with van der Waals surface area (Å²) < 4.78 is 9.79. The van der Waals surface area contributed by atoms with Gasteiger partial charge in [-0.25, -0.2) is 0 Å². The monoisotopic (exact) mass is 234 g/mol. The highest BCUT2D eigenvalue weighted by Gasteiger charge is 2.04. The first-order valence-electron chi connectivity index (χ1n) is 4.89. The quantitative estimate of drug-likeness (QED) is 0.679. The summed E-state index contributed by atoms with van der Waals surface area (Å²) in [5.41, 5.74) is 0.757. The Bertz CT molecular complexity index is 255. The van der Waals surface area contributed by atoms with Crippen LogP contribution < -0.4 is 0 Å². The van der Waals surface area contributed by atoms with Gasteiger partial charge in [0.25, 0.3) is 0 Å². The molecule has 0 N–H and O–H groups in total. The summed E-state index contributed by atoms with van der Waals surface area (Å²) >= 11 is 7.02. The fourth-order valence-electron chi connectivity index (χ4n) is 1.08. The molecule has 0 aliphatic carbocycles. The van der Waals surface area contributed by atoms with Crippen molar-refractivity contribution in [2.45, 2.75) is 39.2 Å². The third-order valence-electron chi connectivity index (χ3n) is 1.89. The van der Waals surface area contributed by atoms with E-state index in [-0.39, 0.29) is 0 Å². The Morgan fingerprint density at radius 2 is 2.21 bits per heavy atom. The van der Waals surface area contributed by atoms with Gasteiger partial charge in [0.15, 0.2) is 0 Å². The van der Waals surface area contributed by atoms with Gasteiger partial charge < -0.3 is 4.74 Å². The molecule has 0 aliphatic rings. The summed E-state index contributed by atoms with van der Waals surface area (Å²) in [6.45, 7) is 3.47. The SMILES string of the molecule is CCCCCCOCc1nnsc1Cl. The fourth-order valence-corrected chi connectivity index (χ4v) is 1.68. The molecule has 0 spiro atoms. The molecular formula is C9H15ClN2OS. The van der Waals surface area contributed by atoms with Gasteiger partial charge in [0, 0.05) is 18.1 Å². The lowest BCUT2D eigenvalue weighted by atomic mass is 10.2. The van der Waals surface area contributed by atoms with Crippen molar-refractivity contribution in [1.82, 2.24) is 9.59 Å². The maximum Gasteiger partial charge on any atom is 0.139 e. The Labute approximate surface area is 93.6 Å². The van der Waals surface area contributed by atoms with E-state index in [2.05, 4.69) is 16.5 Å². The maximum atomic E-state index is 5.82. The van der Waals surface area contributed by atoms with E-state index in [1.54, 1.807) is 0 Å². The van der Waals surface area contributed by atoms with Crippen LogP contribution in [0.5, 0.6) is 0 Å². The second-order valence-corrected chi connectivity index (χ2v) is 4.46. The molecule has 3 nitrogen and oxygen atoms in total. The summed E-state index contributed by atoms with van der Waals surface area (Å²) in [5.74, 6) is 0. The zero-order valence-corrected chi connectivity index (χ0v) is 9.90. The first-order chi connectivity index (χ1) is 6.84. The van der Waals surface area contributed by atoms with E-state index in [1.165, 1.54) is 30.8 Å². The molecule has 0 saturated carbocycles. The molecule has 14 heavy (non-hydrogen) atoms. The lowest BCUT2D eigenvalue weighted by Crippen LogP contribution is -1.96. The van der Waals surface area contributed by atoms with E-state index < -0.39 is 0 Å². The van der Waals surface area contributed by atoms with E-state index in [0.29, 0.717) is 10.9 Å². The van der Waals surface area contributed by atoms with E-state index in [9.17, 15) is 0 Å². The van der Waals surface area contributed by atoms with Gasteiger partial charge in [0.2, 0.25) is 0 Å². The van der Waals surface area contributed by atoms with Crippen molar-refractivity contribution >= 4 is 23.1 Å². The molecule has 1 heterocycles. The Hall–Kier alpha value is -0.190. The van der Waals surface area contributed by atoms with Crippen LogP contribution in [-0.2, 0) is 11.3 Å². The Kier molecular flexibility index (Phi) is 6.07. The minimum atomic E-state index is 0.488. The van der Waals surface area contributed by atoms with E-state index in [4.69, 9.17) is 16.3 Å². The van der Waals surface area contributed by atoms with Crippen LogP contribution in [0.25, 0.3) is 0 Å². The van der Waals surface area contributed by atoms with Gasteiger partial charge in [-0.3, -0.25) is 0 Å². The fraction of sp³-hybridized carbons (Fsp3) is 0.778. The highest BCUT2D eigenvalue weighted by molar-refractivity contribution is 7.10. The smallest absolute Gasteiger partial charge is 0.139 e. The standard InChI is InChI=1S/C9H15ClN2OS/c1-2-3-4-5-6-13-7-8-9(10)14-12-11-8/h2-7H2,1H3. The molecule has 0 amide bonds. The zero-order valence-electron chi connectivity index (χ0n) is 8.33. The molecule has 1 rings (SSSR count). The van der Waals surface area contributed by atoms with E-state index >= 15 is 0 Å². The van der Waals surface area contributed by atoms with Crippen LogP contribution in [0.1, 0.15) is 38.3 Å². The van der Waals surface area contributed by atoms with Gasteiger partial charge in [-0.2, -0.15) is 0 Å². The molecule has 5 heteroatoms. The van der Waals surface area contributed by atoms with Crippen LogP contribution in [0.4, 0.5) is 0 Å². The summed E-state index contributed by atoms with van der Waals surface area (Å²) in [5, 5.41) is 3.86. The average Bonchev–Trinajstić information content (AvgIpc) is 2.58. The normalized spacial score (nSPS) is 10.7.